The molecule has 4 nitrogen and oxygen atoms in total. The molecule has 2 rings (SSSR count). The summed E-state index contributed by atoms with van der Waals surface area (Å²) in [5.74, 6) is 0.708. The van der Waals surface area contributed by atoms with Gasteiger partial charge in [-0.1, -0.05) is 33.1 Å². The summed E-state index contributed by atoms with van der Waals surface area (Å²) < 4.78 is 0. The van der Waals surface area contributed by atoms with Crippen LogP contribution in [0.15, 0.2) is 28.9 Å². The van der Waals surface area contributed by atoms with Gasteiger partial charge in [0.15, 0.2) is 0 Å². The number of aliphatic hydroxyl groups is 1. The lowest BCUT2D eigenvalue weighted by Crippen LogP contribution is -2.36. The van der Waals surface area contributed by atoms with E-state index in [1.54, 1.807) is 11.3 Å². The Balaban J connectivity index is 2.18. The van der Waals surface area contributed by atoms with Gasteiger partial charge in [0.05, 0.1) is 17.7 Å². The third-order valence-electron chi connectivity index (χ3n) is 5.65. The van der Waals surface area contributed by atoms with Gasteiger partial charge in [-0.3, -0.25) is 4.90 Å². The lowest BCUT2D eigenvalue weighted by molar-refractivity contribution is 0.246. The Morgan fingerprint density at radius 2 is 2.14 bits per heavy atom. The number of nitrogens with zero attached hydrogens (tertiary/aromatic N) is 3. The molecule has 1 N–H and O–H groups in total. The standard InChI is InChI=1S/C23H35N3OS/c1-5-7-8-19(6-2)15-26-16-20(18(3)21(14-24)17-26)13-22-9-10-23(28-22)25(4)11-12-27/h9-10,13,19,27H,5-8,11-12,15-17H2,1-4H3/b20-13-. The molecule has 0 fully saturated rings. The molecule has 1 aromatic rings. The molecule has 1 aliphatic rings. The average Bonchev–Trinajstić information content (AvgIpc) is 3.16. The van der Waals surface area contributed by atoms with Crippen molar-refractivity contribution in [3.05, 3.63) is 33.7 Å². The van der Waals surface area contributed by atoms with Gasteiger partial charge < -0.3 is 10.0 Å². The number of hydrogen-bond acceptors (Lipinski definition) is 5. The Bertz CT molecular complexity index is 728. The predicted molar refractivity (Wildman–Crippen MR) is 121 cm³/mol. The van der Waals surface area contributed by atoms with E-state index >= 15 is 0 Å². The SMILES string of the molecule is CCCCC(CC)CN1CC(C#N)=C(C)/C(=C\c2ccc(N(C)CCO)s2)C1. The molecule has 0 saturated carbocycles. The molecule has 0 radical (unpaired) electrons. The third kappa shape index (κ3) is 6.20. The number of likely N-dealkylation sites (N-methyl/N-ethyl adjacent to an activating group) is 1. The number of unbranched alkanes of at least 4 members (excludes halogenated alkanes) is 1. The second-order valence-electron chi connectivity index (χ2n) is 7.79. The van der Waals surface area contributed by atoms with Gasteiger partial charge in [-0.05, 0) is 48.6 Å². The maximum atomic E-state index is 9.64. The van der Waals surface area contributed by atoms with Gasteiger partial charge in [-0.15, -0.1) is 11.3 Å². The highest BCUT2D eigenvalue weighted by Gasteiger charge is 2.22. The van der Waals surface area contributed by atoms with Gasteiger partial charge in [0.25, 0.3) is 0 Å². The van der Waals surface area contributed by atoms with Crippen LogP contribution >= 0.6 is 11.3 Å². The zero-order chi connectivity index (χ0) is 20.5. The van der Waals surface area contributed by atoms with E-state index < -0.39 is 0 Å². The van der Waals surface area contributed by atoms with Crippen LogP contribution in [0.2, 0.25) is 0 Å². The highest BCUT2D eigenvalue weighted by molar-refractivity contribution is 7.16. The summed E-state index contributed by atoms with van der Waals surface area (Å²) in [6.45, 7) is 10.2. The third-order valence-corrected chi connectivity index (χ3v) is 6.79. The van der Waals surface area contributed by atoms with Gasteiger partial charge in [-0.25, -0.2) is 0 Å². The van der Waals surface area contributed by atoms with Crippen LogP contribution in [0.4, 0.5) is 5.00 Å². The number of hydrogen-bond donors (Lipinski definition) is 1. The molecule has 1 aromatic heterocycles. The van der Waals surface area contributed by atoms with E-state index in [2.05, 4.69) is 54.8 Å². The second kappa shape index (κ2) is 11.4. The van der Waals surface area contributed by atoms with Crippen LogP contribution in [0.5, 0.6) is 0 Å². The van der Waals surface area contributed by atoms with E-state index in [9.17, 15) is 5.26 Å². The quantitative estimate of drug-likeness (QED) is 0.604. The largest absolute Gasteiger partial charge is 0.395 e. The summed E-state index contributed by atoms with van der Waals surface area (Å²) in [6, 6.07) is 6.68. The molecule has 28 heavy (non-hydrogen) atoms. The molecule has 1 unspecified atom stereocenters. The summed E-state index contributed by atoms with van der Waals surface area (Å²) in [5.41, 5.74) is 3.29. The molecule has 0 aromatic carbocycles. The normalized spacial score (nSPS) is 17.8. The second-order valence-corrected chi connectivity index (χ2v) is 8.89. The Hall–Kier alpha value is -1.61. The minimum absolute atomic E-state index is 0.157. The van der Waals surface area contributed by atoms with E-state index in [0.29, 0.717) is 12.5 Å². The molecule has 2 heterocycles. The Morgan fingerprint density at radius 1 is 1.36 bits per heavy atom. The first-order chi connectivity index (χ1) is 13.5. The van der Waals surface area contributed by atoms with Gasteiger partial charge in [0.1, 0.15) is 0 Å². The fourth-order valence-electron chi connectivity index (χ4n) is 3.69. The minimum atomic E-state index is 0.157. The number of rotatable bonds is 10. The Kier molecular flexibility index (Phi) is 9.24. The zero-order valence-electron chi connectivity index (χ0n) is 17.9. The van der Waals surface area contributed by atoms with E-state index in [1.165, 1.54) is 36.1 Å². The van der Waals surface area contributed by atoms with Gasteiger partial charge in [0, 0.05) is 43.7 Å². The van der Waals surface area contributed by atoms with E-state index in [1.807, 2.05) is 7.05 Å². The summed E-state index contributed by atoms with van der Waals surface area (Å²) in [4.78, 5) is 5.72. The summed E-state index contributed by atoms with van der Waals surface area (Å²) in [7, 11) is 2.00. The fraction of sp³-hybridized carbons (Fsp3) is 0.609. The zero-order valence-corrected chi connectivity index (χ0v) is 18.7. The highest BCUT2D eigenvalue weighted by Crippen LogP contribution is 2.31. The molecule has 0 bridgehead atoms. The van der Waals surface area contributed by atoms with Crippen LogP contribution in [-0.2, 0) is 0 Å². The molecule has 1 atom stereocenters. The molecule has 0 amide bonds. The van der Waals surface area contributed by atoms with Crippen molar-refractivity contribution in [2.75, 3.05) is 44.7 Å². The van der Waals surface area contributed by atoms with Crippen molar-refractivity contribution >= 4 is 22.4 Å². The molecular weight excluding hydrogens is 366 g/mol. The van der Waals surface area contributed by atoms with Crippen LogP contribution in [0.1, 0.15) is 51.3 Å². The summed E-state index contributed by atoms with van der Waals surface area (Å²) in [6.07, 6.45) is 7.25. The number of anilines is 1. The van der Waals surface area contributed by atoms with Gasteiger partial charge in [-0.2, -0.15) is 5.26 Å². The van der Waals surface area contributed by atoms with Crippen LogP contribution in [0, 0.1) is 17.2 Å². The van der Waals surface area contributed by atoms with Crippen LogP contribution in [0.3, 0.4) is 0 Å². The Morgan fingerprint density at radius 3 is 2.79 bits per heavy atom. The van der Waals surface area contributed by atoms with E-state index in [0.717, 1.165) is 35.8 Å². The lowest BCUT2D eigenvalue weighted by Gasteiger charge is -2.32. The molecular formula is C23H35N3OS. The number of thiophene rings is 1. The van der Waals surface area contributed by atoms with Crippen molar-refractivity contribution in [3.8, 4) is 6.07 Å². The lowest BCUT2D eigenvalue weighted by atomic mass is 9.93. The predicted octanol–water partition coefficient (Wildman–Crippen LogP) is 4.93. The van der Waals surface area contributed by atoms with Crippen molar-refractivity contribution in [1.82, 2.24) is 4.90 Å². The van der Waals surface area contributed by atoms with Crippen molar-refractivity contribution in [2.45, 2.75) is 46.5 Å². The van der Waals surface area contributed by atoms with Crippen molar-refractivity contribution < 1.29 is 5.11 Å². The highest BCUT2D eigenvalue weighted by atomic mass is 32.1. The summed E-state index contributed by atoms with van der Waals surface area (Å²) >= 11 is 1.73. The smallest absolute Gasteiger partial charge is 0.0963 e. The first kappa shape index (κ1) is 22.7. The van der Waals surface area contributed by atoms with Gasteiger partial charge in [0.2, 0.25) is 0 Å². The van der Waals surface area contributed by atoms with Crippen LogP contribution < -0.4 is 4.90 Å². The molecule has 1 aliphatic heterocycles. The van der Waals surface area contributed by atoms with E-state index in [-0.39, 0.29) is 6.61 Å². The molecule has 0 spiro atoms. The van der Waals surface area contributed by atoms with Crippen molar-refractivity contribution in [3.63, 3.8) is 0 Å². The molecule has 154 valence electrons. The van der Waals surface area contributed by atoms with Gasteiger partial charge >= 0.3 is 0 Å². The maximum absolute atomic E-state index is 9.64. The van der Waals surface area contributed by atoms with E-state index in [4.69, 9.17) is 5.11 Å². The van der Waals surface area contributed by atoms with Crippen molar-refractivity contribution in [1.29, 1.82) is 5.26 Å². The maximum Gasteiger partial charge on any atom is 0.0963 e. The molecule has 0 saturated heterocycles. The topological polar surface area (TPSA) is 50.5 Å². The van der Waals surface area contributed by atoms with Crippen LogP contribution in [-0.4, -0.2) is 49.8 Å². The first-order valence-corrected chi connectivity index (χ1v) is 11.3. The van der Waals surface area contributed by atoms with Crippen molar-refractivity contribution in [2.24, 2.45) is 5.92 Å². The minimum Gasteiger partial charge on any atom is -0.395 e. The number of aliphatic hydroxyl groups excluding tert-OH is 1. The Labute approximate surface area is 174 Å². The summed E-state index contributed by atoms with van der Waals surface area (Å²) in [5, 5.41) is 19.9. The molecule has 5 heteroatoms. The average molecular weight is 402 g/mol. The molecule has 0 aliphatic carbocycles. The number of nitriles is 1. The monoisotopic (exact) mass is 401 g/mol. The first-order valence-electron chi connectivity index (χ1n) is 10.5. The van der Waals surface area contributed by atoms with Crippen LogP contribution in [0.25, 0.3) is 6.08 Å². The fourth-order valence-corrected chi connectivity index (χ4v) is 4.65.